The molecule has 0 atom stereocenters. The summed E-state index contributed by atoms with van der Waals surface area (Å²) >= 11 is 1.77. The maximum atomic E-state index is 11.5. The number of unbranched alkanes of at least 4 members (excludes halogenated alkanes) is 1. The summed E-state index contributed by atoms with van der Waals surface area (Å²) < 4.78 is 0. The van der Waals surface area contributed by atoms with Crippen molar-refractivity contribution in [3.8, 4) is 0 Å². The van der Waals surface area contributed by atoms with E-state index in [-0.39, 0.29) is 5.91 Å². The Morgan fingerprint density at radius 2 is 1.94 bits per heavy atom. The van der Waals surface area contributed by atoms with Gasteiger partial charge < -0.3 is 10.6 Å². The van der Waals surface area contributed by atoms with Gasteiger partial charge in [0.25, 0.3) is 0 Å². The maximum absolute atomic E-state index is 11.5. The molecule has 0 saturated heterocycles. The van der Waals surface area contributed by atoms with Crippen molar-refractivity contribution in [3.63, 3.8) is 0 Å². The summed E-state index contributed by atoms with van der Waals surface area (Å²) in [6.07, 6.45) is 2.65. The lowest BCUT2D eigenvalue weighted by atomic mass is 10.2. The van der Waals surface area contributed by atoms with Crippen LogP contribution in [0.4, 0.5) is 0 Å². The zero-order chi connectivity index (χ0) is 13.1. The number of carbonyl (C=O) groups excluding carboxylic acids is 1. The molecule has 18 heavy (non-hydrogen) atoms. The third kappa shape index (κ3) is 7.35. The van der Waals surface area contributed by atoms with Crippen molar-refractivity contribution in [3.05, 3.63) is 30.3 Å². The average molecular weight is 266 g/mol. The van der Waals surface area contributed by atoms with E-state index in [4.69, 9.17) is 0 Å². The monoisotopic (exact) mass is 266 g/mol. The highest BCUT2D eigenvalue weighted by molar-refractivity contribution is 7.99. The predicted octanol–water partition coefficient (Wildman–Crippen LogP) is 2.28. The van der Waals surface area contributed by atoms with Gasteiger partial charge in [-0.1, -0.05) is 18.2 Å². The molecule has 1 amide bonds. The van der Waals surface area contributed by atoms with E-state index in [9.17, 15) is 4.79 Å². The van der Waals surface area contributed by atoms with Gasteiger partial charge in [-0.05, 0) is 38.6 Å². The number of carbonyl (C=O) groups is 1. The van der Waals surface area contributed by atoms with Gasteiger partial charge in [0.2, 0.25) is 5.91 Å². The Morgan fingerprint density at radius 3 is 2.67 bits per heavy atom. The summed E-state index contributed by atoms with van der Waals surface area (Å²) in [5.41, 5.74) is 0. The second-order valence-corrected chi connectivity index (χ2v) is 5.24. The number of hydrogen-bond donors (Lipinski definition) is 2. The summed E-state index contributed by atoms with van der Waals surface area (Å²) in [6.45, 7) is 1.72. The number of nitrogens with one attached hydrogen (secondary N) is 2. The molecular formula is C14H22N2OS. The molecule has 1 aromatic rings. The van der Waals surface area contributed by atoms with Gasteiger partial charge in [-0.15, -0.1) is 11.8 Å². The van der Waals surface area contributed by atoms with Crippen LogP contribution in [0.2, 0.25) is 0 Å². The van der Waals surface area contributed by atoms with Crippen molar-refractivity contribution in [1.29, 1.82) is 0 Å². The quantitative estimate of drug-likeness (QED) is 0.532. The molecular weight excluding hydrogens is 244 g/mol. The molecule has 1 rings (SSSR count). The molecule has 0 fully saturated rings. The van der Waals surface area contributed by atoms with Gasteiger partial charge in [-0.3, -0.25) is 4.79 Å². The Morgan fingerprint density at radius 1 is 1.17 bits per heavy atom. The Hall–Kier alpha value is -1.00. The van der Waals surface area contributed by atoms with Crippen LogP contribution in [-0.4, -0.2) is 31.8 Å². The standard InChI is InChI=1S/C14H22N2OS/c1-15-10-6-5-9-14(17)16-11-12-18-13-7-3-2-4-8-13/h2-4,7-8,15H,5-6,9-12H2,1H3,(H,16,17). The smallest absolute Gasteiger partial charge is 0.220 e. The molecule has 1 aromatic carbocycles. The largest absolute Gasteiger partial charge is 0.355 e. The average Bonchev–Trinajstić information content (AvgIpc) is 2.41. The van der Waals surface area contributed by atoms with Crippen LogP contribution in [0.3, 0.4) is 0 Å². The van der Waals surface area contributed by atoms with Crippen molar-refractivity contribution in [2.24, 2.45) is 0 Å². The zero-order valence-corrected chi connectivity index (χ0v) is 11.8. The number of hydrogen-bond acceptors (Lipinski definition) is 3. The van der Waals surface area contributed by atoms with Crippen LogP contribution in [0.15, 0.2) is 35.2 Å². The fourth-order valence-corrected chi connectivity index (χ4v) is 2.34. The highest BCUT2D eigenvalue weighted by atomic mass is 32.2. The molecule has 2 N–H and O–H groups in total. The summed E-state index contributed by atoms with van der Waals surface area (Å²) in [7, 11) is 1.93. The molecule has 0 spiro atoms. The zero-order valence-electron chi connectivity index (χ0n) is 10.9. The van der Waals surface area contributed by atoms with Gasteiger partial charge in [0.1, 0.15) is 0 Å². The summed E-state index contributed by atoms with van der Waals surface area (Å²) in [4.78, 5) is 12.7. The van der Waals surface area contributed by atoms with Gasteiger partial charge in [0.05, 0.1) is 0 Å². The van der Waals surface area contributed by atoms with Gasteiger partial charge in [0.15, 0.2) is 0 Å². The van der Waals surface area contributed by atoms with E-state index in [2.05, 4.69) is 22.8 Å². The molecule has 0 heterocycles. The first-order valence-corrected chi connectivity index (χ1v) is 7.40. The molecule has 3 nitrogen and oxygen atoms in total. The lowest BCUT2D eigenvalue weighted by Gasteiger charge is -2.05. The number of rotatable bonds is 9. The van der Waals surface area contributed by atoms with E-state index >= 15 is 0 Å². The molecule has 0 saturated carbocycles. The van der Waals surface area contributed by atoms with Gasteiger partial charge in [0, 0.05) is 23.6 Å². The van der Waals surface area contributed by atoms with Gasteiger partial charge >= 0.3 is 0 Å². The van der Waals surface area contributed by atoms with Gasteiger partial charge in [-0.25, -0.2) is 0 Å². The maximum Gasteiger partial charge on any atom is 0.220 e. The SMILES string of the molecule is CNCCCCC(=O)NCCSc1ccccc1. The predicted molar refractivity (Wildman–Crippen MR) is 78.0 cm³/mol. The molecule has 0 radical (unpaired) electrons. The molecule has 0 aliphatic heterocycles. The first-order valence-electron chi connectivity index (χ1n) is 6.42. The van der Waals surface area contributed by atoms with Crippen LogP contribution in [-0.2, 0) is 4.79 Å². The number of benzene rings is 1. The van der Waals surface area contributed by atoms with E-state index in [1.807, 2.05) is 25.2 Å². The third-order valence-electron chi connectivity index (χ3n) is 2.52. The fourth-order valence-electron chi connectivity index (χ4n) is 1.55. The van der Waals surface area contributed by atoms with Crippen LogP contribution in [0, 0.1) is 0 Å². The van der Waals surface area contributed by atoms with Crippen molar-refractivity contribution in [2.45, 2.75) is 24.2 Å². The van der Waals surface area contributed by atoms with Crippen molar-refractivity contribution >= 4 is 17.7 Å². The van der Waals surface area contributed by atoms with Crippen LogP contribution in [0.25, 0.3) is 0 Å². The van der Waals surface area contributed by atoms with E-state index in [0.29, 0.717) is 6.42 Å². The molecule has 0 bridgehead atoms. The summed E-state index contributed by atoms with van der Waals surface area (Å²) in [5.74, 6) is 1.09. The molecule has 0 aliphatic rings. The second-order valence-electron chi connectivity index (χ2n) is 4.07. The first-order chi connectivity index (χ1) is 8.83. The highest BCUT2D eigenvalue weighted by Gasteiger charge is 2.00. The van der Waals surface area contributed by atoms with Crippen molar-refractivity contribution in [2.75, 3.05) is 25.9 Å². The van der Waals surface area contributed by atoms with Crippen molar-refractivity contribution < 1.29 is 4.79 Å². The van der Waals surface area contributed by atoms with E-state index in [0.717, 1.165) is 31.7 Å². The highest BCUT2D eigenvalue weighted by Crippen LogP contribution is 2.15. The molecule has 4 heteroatoms. The van der Waals surface area contributed by atoms with Crippen LogP contribution in [0.1, 0.15) is 19.3 Å². The Kier molecular flexibility index (Phi) is 8.34. The van der Waals surface area contributed by atoms with Crippen molar-refractivity contribution in [1.82, 2.24) is 10.6 Å². The molecule has 0 aliphatic carbocycles. The Balaban J connectivity index is 1.99. The van der Waals surface area contributed by atoms with Crippen LogP contribution >= 0.6 is 11.8 Å². The number of amides is 1. The topological polar surface area (TPSA) is 41.1 Å². The molecule has 100 valence electrons. The minimum absolute atomic E-state index is 0.166. The van der Waals surface area contributed by atoms with Crippen LogP contribution < -0.4 is 10.6 Å². The van der Waals surface area contributed by atoms with E-state index in [1.54, 1.807) is 11.8 Å². The summed E-state index contributed by atoms with van der Waals surface area (Å²) in [5, 5.41) is 6.03. The lowest BCUT2D eigenvalue weighted by molar-refractivity contribution is -0.121. The third-order valence-corrected chi connectivity index (χ3v) is 3.53. The normalized spacial score (nSPS) is 10.3. The molecule has 0 unspecified atom stereocenters. The van der Waals surface area contributed by atoms with Gasteiger partial charge in [-0.2, -0.15) is 0 Å². The minimum Gasteiger partial charge on any atom is -0.355 e. The summed E-state index contributed by atoms with van der Waals surface area (Å²) in [6, 6.07) is 10.2. The second kappa shape index (κ2) is 9.97. The van der Waals surface area contributed by atoms with E-state index < -0.39 is 0 Å². The Labute approximate surface area is 114 Å². The van der Waals surface area contributed by atoms with Crippen LogP contribution in [0.5, 0.6) is 0 Å². The lowest BCUT2D eigenvalue weighted by Crippen LogP contribution is -2.25. The fraction of sp³-hybridized carbons (Fsp3) is 0.500. The first kappa shape index (κ1) is 15.1. The number of thioether (sulfide) groups is 1. The minimum atomic E-state index is 0.166. The Bertz CT molecular complexity index is 330. The molecule has 0 aromatic heterocycles. The van der Waals surface area contributed by atoms with E-state index in [1.165, 1.54) is 4.90 Å².